The number of phosphoric acid groups is 1. The van der Waals surface area contributed by atoms with Gasteiger partial charge in [-0.05, 0) is 67.2 Å². The van der Waals surface area contributed by atoms with E-state index in [9.17, 15) is 9.46 Å². The van der Waals surface area contributed by atoms with Gasteiger partial charge in [0.15, 0.2) is 0 Å². The van der Waals surface area contributed by atoms with Crippen molar-refractivity contribution >= 4 is 7.82 Å². The molecule has 10 nitrogen and oxygen atoms in total. The van der Waals surface area contributed by atoms with E-state index in [1.165, 1.54) is 38.5 Å². The first kappa shape index (κ1) is 48.0. The van der Waals surface area contributed by atoms with Crippen LogP contribution >= 0.6 is 7.82 Å². The summed E-state index contributed by atoms with van der Waals surface area (Å²) in [5, 5.41) is 0. The predicted molar refractivity (Wildman–Crippen MR) is 213 cm³/mol. The van der Waals surface area contributed by atoms with Gasteiger partial charge in [0.05, 0.1) is 87.5 Å². The van der Waals surface area contributed by atoms with Crippen molar-refractivity contribution in [2.24, 2.45) is 0 Å². The van der Waals surface area contributed by atoms with Gasteiger partial charge < -0.3 is 33.3 Å². The second-order valence-electron chi connectivity index (χ2n) is 15.2. The van der Waals surface area contributed by atoms with Crippen molar-refractivity contribution in [3.05, 3.63) is 48.6 Å². The third kappa shape index (κ3) is 21.6. The van der Waals surface area contributed by atoms with E-state index in [0.717, 1.165) is 38.5 Å². The van der Waals surface area contributed by atoms with E-state index in [1.54, 1.807) is 13.8 Å². The van der Waals surface area contributed by atoms with Crippen LogP contribution in [0.4, 0.5) is 0 Å². The Morgan fingerprint density at radius 2 is 0.887 bits per heavy atom. The van der Waals surface area contributed by atoms with Gasteiger partial charge in [-0.25, -0.2) is 4.57 Å². The second kappa shape index (κ2) is 26.6. The summed E-state index contributed by atoms with van der Waals surface area (Å²) in [6.07, 6.45) is 28.4. The topological polar surface area (TPSA) is 111 Å². The van der Waals surface area contributed by atoms with Gasteiger partial charge in [-0.3, -0.25) is 9.05 Å². The number of ether oxygens (including phenoxy) is 6. The van der Waals surface area contributed by atoms with Crippen molar-refractivity contribution in [2.75, 3.05) is 39.6 Å². The van der Waals surface area contributed by atoms with Gasteiger partial charge >= 0.3 is 7.82 Å². The minimum atomic E-state index is -4.35. The van der Waals surface area contributed by atoms with Gasteiger partial charge in [0.2, 0.25) is 0 Å². The minimum Gasteiger partial charge on any atom is -0.373 e. The lowest BCUT2D eigenvalue weighted by atomic mass is 9.89. The molecule has 0 aromatic rings. The Balaban J connectivity index is 1.61. The average Bonchev–Trinajstić information content (AvgIpc) is 3.13. The molecule has 2 rings (SSSR count). The molecule has 0 aliphatic heterocycles. The second-order valence-corrected chi connectivity index (χ2v) is 16.6. The summed E-state index contributed by atoms with van der Waals surface area (Å²) >= 11 is 0. The normalized spacial score (nSPS) is 24.5. The summed E-state index contributed by atoms with van der Waals surface area (Å²) < 4.78 is 59.9. The quantitative estimate of drug-likeness (QED) is 0.0524. The number of unbranched alkanes of at least 4 members (excludes halogenated alkanes) is 6. The molecule has 0 spiro atoms. The van der Waals surface area contributed by atoms with Crippen molar-refractivity contribution in [1.29, 1.82) is 0 Å². The van der Waals surface area contributed by atoms with E-state index < -0.39 is 20.0 Å². The summed E-state index contributed by atoms with van der Waals surface area (Å²) in [7, 11) is -4.35. The van der Waals surface area contributed by atoms with Crippen LogP contribution < -0.4 is 0 Å². The van der Waals surface area contributed by atoms with E-state index >= 15 is 0 Å². The number of allylic oxidation sites excluding steroid dienone is 4. The molecule has 0 bridgehead atoms. The van der Waals surface area contributed by atoms with Crippen LogP contribution in [-0.4, -0.2) is 92.4 Å². The molecule has 308 valence electrons. The summed E-state index contributed by atoms with van der Waals surface area (Å²) in [6, 6.07) is 0. The molecule has 53 heavy (non-hydrogen) atoms. The number of phosphoric ester groups is 1. The summed E-state index contributed by atoms with van der Waals surface area (Å²) in [4.78, 5) is 10.4. The molecule has 0 heterocycles. The van der Waals surface area contributed by atoms with E-state index in [1.807, 2.05) is 27.7 Å². The third-order valence-electron chi connectivity index (χ3n) is 9.43. The van der Waals surface area contributed by atoms with Crippen LogP contribution in [0.25, 0.3) is 0 Å². The molecule has 8 unspecified atom stereocenters. The van der Waals surface area contributed by atoms with Gasteiger partial charge in [0.25, 0.3) is 0 Å². The van der Waals surface area contributed by atoms with E-state index in [0.29, 0.717) is 26.4 Å². The molecule has 0 saturated carbocycles. The van der Waals surface area contributed by atoms with Crippen LogP contribution in [0.5, 0.6) is 0 Å². The molecular weight excluding hydrogens is 695 g/mol. The molecule has 0 amide bonds. The zero-order valence-corrected chi connectivity index (χ0v) is 35.3. The van der Waals surface area contributed by atoms with Gasteiger partial charge in [-0.2, -0.15) is 0 Å². The first-order valence-electron chi connectivity index (χ1n) is 20.4. The highest BCUT2D eigenvalue weighted by Gasteiger charge is 2.31. The van der Waals surface area contributed by atoms with Crippen molar-refractivity contribution < 1.29 is 46.9 Å². The Kier molecular flexibility index (Phi) is 24.1. The van der Waals surface area contributed by atoms with Crippen LogP contribution in [0.2, 0.25) is 0 Å². The molecule has 2 aliphatic rings. The van der Waals surface area contributed by atoms with Crippen LogP contribution in [0, 0.1) is 0 Å². The van der Waals surface area contributed by atoms with E-state index in [-0.39, 0.29) is 48.8 Å². The fourth-order valence-corrected chi connectivity index (χ4v) is 7.30. The molecule has 0 aromatic heterocycles. The summed E-state index contributed by atoms with van der Waals surface area (Å²) in [6.45, 7) is 17.5. The molecular formula is C42H75O10P. The zero-order chi connectivity index (χ0) is 39.0. The maximum Gasteiger partial charge on any atom is 0.472 e. The minimum absolute atomic E-state index is 0.107. The van der Waals surface area contributed by atoms with Gasteiger partial charge in [0.1, 0.15) is 0 Å². The molecule has 1 N–H and O–H groups in total. The number of hydrogen-bond donors (Lipinski definition) is 1. The van der Waals surface area contributed by atoms with E-state index in [2.05, 4.69) is 62.5 Å². The van der Waals surface area contributed by atoms with Gasteiger partial charge in [-0.1, -0.05) is 114 Å². The Morgan fingerprint density at radius 3 is 1.23 bits per heavy atom. The van der Waals surface area contributed by atoms with Crippen LogP contribution in [0.15, 0.2) is 48.6 Å². The summed E-state index contributed by atoms with van der Waals surface area (Å²) in [5.74, 6) is 0. The Labute approximate surface area is 322 Å². The lowest BCUT2D eigenvalue weighted by Crippen LogP contribution is -2.35. The predicted octanol–water partition coefficient (Wildman–Crippen LogP) is 10.0. The van der Waals surface area contributed by atoms with Crippen LogP contribution in [0.3, 0.4) is 0 Å². The highest BCUT2D eigenvalue weighted by molar-refractivity contribution is 7.47. The zero-order valence-electron chi connectivity index (χ0n) is 34.4. The highest BCUT2D eigenvalue weighted by Crippen LogP contribution is 2.46. The van der Waals surface area contributed by atoms with Crippen LogP contribution in [-0.2, 0) is 42.0 Å². The van der Waals surface area contributed by atoms with Gasteiger partial charge in [-0.15, -0.1) is 0 Å². The molecule has 2 aliphatic carbocycles. The lowest BCUT2D eigenvalue weighted by molar-refractivity contribution is -0.0991. The first-order valence-corrected chi connectivity index (χ1v) is 21.9. The van der Waals surface area contributed by atoms with Crippen LogP contribution in [0.1, 0.15) is 132 Å². The highest BCUT2D eigenvalue weighted by atomic mass is 31.2. The average molecular weight is 771 g/mol. The standard InChI is InChI=1S/C42H75O10P/c1-9-11-13-17-23-41(25-19-15-20-26-41)49-33-37(5)45-29-35(3)47-31-39(7)51-53(43,44)52-40(8)32-48-36(4)30-46-38(6)34-50-42(24-18-14-12-10-2)27-21-16-22-28-42/h15-16,19-22,25,27,35-40H,9-14,17-18,23-24,26,28-34H2,1-8H3,(H,43,44). The van der Waals surface area contributed by atoms with Gasteiger partial charge in [0, 0.05) is 0 Å². The fourth-order valence-electron chi connectivity index (χ4n) is 6.22. The SMILES string of the molecule is CCCCCCC1(OCC(C)OCC(C)OCC(C)OP(=O)(O)OC(C)COC(C)COC(C)COC2(CCCCCC)C=CC=CC2)C=CC=CC1. The monoisotopic (exact) mass is 771 g/mol. The largest absolute Gasteiger partial charge is 0.472 e. The summed E-state index contributed by atoms with van der Waals surface area (Å²) in [5.41, 5.74) is -0.524. The fraction of sp³-hybridized carbons (Fsp3) is 0.810. The number of hydrogen-bond acceptors (Lipinski definition) is 9. The maximum atomic E-state index is 12.7. The molecule has 0 aromatic carbocycles. The molecule has 0 fully saturated rings. The van der Waals surface area contributed by atoms with Crippen molar-refractivity contribution in [3.63, 3.8) is 0 Å². The van der Waals surface area contributed by atoms with Crippen molar-refractivity contribution in [1.82, 2.24) is 0 Å². The molecule has 11 heteroatoms. The lowest BCUT2D eigenvalue weighted by Gasteiger charge is -2.33. The van der Waals surface area contributed by atoms with E-state index in [4.69, 9.17) is 37.5 Å². The third-order valence-corrected chi connectivity index (χ3v) is 10.7. The maximum absolute atomic E-state index is 12.7. The Bertz CT molecular complexity index is 1050. The molecule has 0 saturated heterocycles. The first-order chi connectivity index (χ1) is 25.3. The molecule has 0 radical (unpaired) electrons. The molecule has 8 atom stereocenters. The Hall–Kier alpha value is -1.17. The number of rotatable bonds is 32. The Morgan fingerprint density at radius 1 is 0.528 bits per heavy atom. The smallest absolute Gasteiger partial charge is 0.373 e. The van der Waals surface area contributed by atoms with Crippen molar-refractivity contribution in [2.45, 2.75) is 180 Å². The van der Waals surface area contributed by atoms with Crippen molar-refractivity contribution in [3.8, 4) is 0 Å².